The average Bonchev–Trinajstić information content (AvgIpc) is 3.18. The molecule has 0 radical (unpaired) electrons. The van der Waals surface area contributed by atoms with Crippen LogP contribution in [0.15, 0.2) is 4.99 Å². The van der Waals surface area contributed by atoms with E-state index in [-0.39, 0.29) is 24.5 Å². The summed E-state index contributed by atoms with van der Waals surface area (Å²) in [4.78, 5) is 54.5. The Bertz CT molecular complexity index is 814. The van der Waals surface area contributed by atoms with Crippen LogP contribution in [0.3, 0.4) is 0 Å². The fourth-order valence-electron chi connectivity index (χ4n) is 2.14. The van der Waals surface area contributed by atoms with Gasteiger partial charge in [-0.15, -0.1) is 0 Å². The summed E-state index contributed by atoms with van der Waals surface area (Å²) in [5, 5.41) is 29.2. The predicted octanol–water partition coefficient (Wildman–Crippen LogP) is -2.21. The molecule has 3 atom stereocenters. The number of carboxylic acids is 2. The minimum atomic E-state index is -5.08. The first-order valence-corrected chi connectivity index (χ1v) is 9.58. The van der Waals surface area contributed by atoms with Crippen molar-refractivity contribution in [1.82, 2.24) is 16.1 Å². The number of primary amides is 1. The maximum absolute atomic E-state index is 11.9. The highest BCUT2D eigenvalue weighted by molar-refractivity contribution is 5.83. The number of amides is 2. The summed E-state index contributed by atoms with van der Waals surface area (Å²) in [6.07, 6.45) is -8.94. The van der Waals surface area contributed by atoms with E-state index in [4.69, 9.17) is 37.0 Å². The zero-order valence-electron chi connectivity index (χ0n) is 18.5. The lowest BCUT2D eigenvalue weighted by atomic mass is 10.1. The van der Waals surface area contributed by atoms with Gasteiger partial charge >= 0.3 is 24.3 Å². The lowest BCUT2D eigenvalue weighted by Crippen LogP contribution is -2.46. The van der Waals surface area contributed by atoms with Crippen LogP contribution in [0.5, 0.6) is 0 Å². The van der Waals surface area contributed by atoms with Gasteiger partial charge in [-0.2, -0.15) is 26.3 Å². The van der Waals surface area contributed by atoms with Gasteiger partial charge in [-0.25, -0.2) is 24.7 Å². The van der Waals surface area contributed by atoms with Crippen molar-refractivity contribution in [3.63, 3.8) is 0 Å². The van der Waals surface area contributed by atoms with E-state index in [1.165, 1.54) is 0 Å². The fourth-order valence-corrected chi connectivity index (χ4v) is 2.14. The molecule has 0 aromatic rings. The SMILES string of the molecule is NC(=O)[C@@H]1C[C@@H](NC(=O)[C@H](N)CCCN=C(N)N[N+](=O)[O-])CN1.O=C(O)C(F)(F)F.O=C(O)C(F)(F)F. The van der Waals surface area contributed by atoms with Crippen LogP contribution in [-0.4, -0.2) is 88.5 Å². The van der Waals surface area contributed by atoms with Gasteiger partial charge in [0.25, 0.3) is 5.96 Å². The maximum Gasteiger partial charge on any atom is 0.490 e. The molecule has 22 heteroatoms. The predicted molar refractivity (Wildman–Crippen MR) is 109 cm³/mol. The lowest BCUT2D eigenvalue weighted by Gasteiger charge is -2.16. The van der Waals surface area contributed by atoms with Gasteiger partial charge in [0, 0.05) is 19.1 Å². The second-order valence-corrected chi connectivity index (χ2v) is 6.79. The standard InChI is InChI=1S/C11H22N8O4.2C2HF3O2/c12-7(2-1-3-15-11(14)18-19(22)23)10(21)17-6-4-8(9(13)20)16-5-6;2*3-2(4,5)1(6)7/h6-8,16H,1-5,12H2,(H2,13,20)(H,17,21)(H3,14,15,18);2*(H,6,7)/t6-,7-,8+;;/m1../s1. The number of nitrogens with two attached hydrogens (primary N) is 3. The van der Waals surface area contributed by atoms with Gasteiger partial charge in [-0.05, 0) is 19.3 Å². The van der Waals surface area contributed by atoms with Crippen molar-refractivity contribution in [2.75, 3.05) is 13.1 Å². The van der Waals surface area contributed by atoms with E-state index >= 15 is 0 Å². The molecule has 1 fully saturated rings. The molecular formula is C15H24F6N8O8. The number of aliphatic carboxylic acids is 2. The number of carboxylic acid groups (broad SMARTS) is 2. The lowest BCUT2D eigenvalue weighted by molar-refractivity contribution is -0.525. The van der Waals surface area contributed by atoms with Crippen LogP contribution < -0.4 is 33.3 Å². The van der Waals surface area contributed by atoms with Crippen molar-refractivity contribution in [1.29, 1.82) is 0 Å². The Morgan fingerprint density at radius 2 is 1.54 bits per heavy atom. The van der Waals surface area contributed by atoms with Crippen LogP contribution >= 0.6 is 0 Å². The molecule has 0 aromatic carbocycles. The Morgan fingerprint density at radius 1 is 1.08 bits per heavy atom. The molecule has 0 unspecified atom stereocenters. The van der Waals surface area contributed by atoms with Gasteiger partial charge in [-0.3, -0.25) is 9.59 Å². The molecule has 214 valence electrons. The summed E-state index contributed by atoms with van der Waals surface area (Å²) in [7, 11) is 0. The first-order chi connectivity index (χ1) is 16.7. The number of rotatable bonds is 8. The highest BCUT2D eigenvalue weighted by Crippen LogP contribution is 2.13. The van der Waals surface area contributed by atoms with Crippen molar-refractivity contribution in [3.05, 3.63) is 10.1 Å². The van der Waals surface area contributed by atoms with E-state index in [1.807, 2.05) is 0 Å². The summed E-state index contributed by atoms with van der Waals surface area (Å²) in [6.45, 7) is 0.668. The first kappa shape index (κ1) is 35.2. The van der Waals surface area contributed by atoms with Crippen LogP contribution in [0.25, 0.3) is 0 Å². The molecule has 2 amide bonds. The largest absolute Gasteiger partial charge is 0.490 e. The number of hydrogen-bond donors (Lipinski definition) is 8. The van der Waals surface area contributed by atoms with Gasteiger partial charge in [0.1, 0.15) is 0 Å². The zero-order chi connectivity index (χ0) is 29.6. The van der Waals surface area contributed by atoms with Crippen LogP contribution in [-0.2, 0) is 19.2 Å². The molecular weight excluding hydrogens is 534 g/mol. The van der Waals surface area contributed by atoms with Crippen LogP contribution in [0.2, 0.25) is 0 Å². The second-order valence-electron chi connectivity index (χ2n) is 6.79. The average molecular weight is 558 g/mol. The van der Waals surface area contributed by atoms with E-state index in [1.54, 1.807) is 5.43 Å². The Kier molecular flexibility index (Phi) is 15.2. The minimum Gasteiger partial charge on any atom is -0.475 e. The number of nitrogens with zero attached hydrogens (tertiary/aromatic N) is 2. The Morgan fingerprint density at radius 3 is 1.89 bits per heavy atom. The monoisotopic (exact) mass is 558 g/mol. The van der Waals surface area contributed by atoms with Crippen LogP contribution in [0.4, 0.5) is 26.3 Å². The summed E-state index contributed by atoms with van der Waals surface area (Å²) < 4.78 is 63.5. The molecule has 1 saturated heterocycles. The number of nitrogens with one attached hydrogen (secondary N) is 3. The van der Waals surface area contributed by atoms with E-state index in [0.29, 0.717) is 25.8 Å². The number of carbonyl (C=O) groups is 4. The highest BCUT2D eigenvalue weighted by Gasteiger charge is 2.38. The first-order valence-electron chi connectivity index (χ1n) is 9.58. The number of guanidine groups is 1. The molecule has 1 aliphatic rings. The van der Waals surface area contributed by atoms with Crippen LogP contribution in [0.1, 0.15) is 19.3 Å². The summed E-state index contributed by atoms with van der Waals surface area (Å²) in [5.74, 6) is -6.60. The molecule has 16 nitrogen and oxygen atoms in total. The number of hydrogen-bond acceptors (Lipinski definition) is 9. The molecule has 0 bridgehead atoms. The summed E-state index contributed by atoms with van der Waals surface area (Å²) in [5.41, 5.74) is 17.9. The molecule has 11 N–H and O–H groups in total. The third-order valence-corrected chi connectivity index (χ3v) is 3.80. The molecule has 0 spiro atoms. The fraction of sp³-hybridized carbons (Fsp3) is 0.667. The van der Waals surface area contributed by atoms with Gasteiger partial charge in [0.05, 0.1) is 12.1 Å². The Balaban J connectivity index is 0. The van der Waals surface area contributed by atoms with Crippen molar-refractivity contribution < 1.29 is 60.8 Å². The molecule has 1 heterocycles. The number of halogens is 6. The topological polar surface area (TPSA) is 278 Å². The van der Waals surface area contributed by atoms with Crippen LogP contribution in [0, 0.1) is 10.1 Å². The molecule has 0 aromatic heterocycles. The summed E-state index contributed by atoms with van der Waals surface area (Å²) >= 11 is 0. The second kappa shape index (κ2) is 15.9. The van der Waals surface area contributed by atoms with Crippen molar-refractivity contribution in [2.45, 2.75) is 49.7 Å². The Hall–Kier alpha value is -3.95. The Labute approximate surface area is 202 Å². The van der Waals surface area contributed by atoms with E-state index in [0.717, 1.165) is 0 Å². The number of carbonyl (C=O) groups excluding carboxylic acids is 2. The minimum absolute atomic E-state index is 0.191. The molecule has 0 saturated carbocycles. The number of aliphatic imine (C=N–C) groups is 1. The highest BCUT2D eigenvalue weighted by atomic mass is 19.4. The van der Waals surface area contributed by atoms with Gasteiger partial charge in [0.15, 0.2) is 5.03 Å². The number of hydrazine groups is 1. The third-order valence-electron chi connectivity index (χ3n) is 3.80. The van der Waals surface area contributed by atoms with Gasteiger partial charge in [-0.1, -0.05) is 5.43 Å². The van der Waals surface area contributed by atoms with Gasteiger partial charge < -0.3 is 38.0 Å². The quantitative estimate of drug-likeness (QED) is 0.0393. The number of nitro groups is 1. The number of alkyl halides is 6. The van der Waals surface area contributed by atoms with Crippen molar-refractivity contribution in [2.24, 2.45) is 22.2 Å². The third kappa shape index (κ3) is 18.0. The van der Waals surface area contributed by atoms with E-state index < -0.39 is 47.3 Å². The zero-order valence-corrected chi connectivity index (χ0v) is 18.5. The summed E-state index contributed by atoms with van der Waals surface area (Å²) in [6, 6.07) is -1.37. The molecule has 0 aliphatic carbocycles. The van der Waals surface area contributed by atoms with E-state index in [2.05, 4.69) is 15.6 Å². The maximum atomic E-state index is 11.9. The van der Waals surface area contributed by atoms with E-state index in [9.17, 15) is 46.0 Å². The molecule has 1 rings (SSSR count). The normalized spacial score (nSPS) is 18.2. The van der Waals surface area contributed by atoms with Gasteiger partial charge in [0.2, 0.25) is 11.8 Å². The molecule has 1 aliphatic heterocycles. The van der Waals surface area contributed by atoms with Crippen molar-refractivity contribution in [3.8, 4) is 0 Å². The smallest absolute Gasteiger partial charge is 0.475 e. The molecule has 37 heavy (non-hydrogen) atoms. The van der Waals surface area contributed by atoms with Crippen molar-refractivity contribution >= 4 is 29.7 Å².